The van der Waals surface area contributed by atoms with Gasteiger partial charge in [-0.2, -0.15) is 0 Å². The molecular weight excluding hydrogens is 320 g/mol. The summed E-state index contributed by atoms with van der Waals surface area (Å²) in [6.07, 6.45) is 11.9. The van der Waals surface area contributed by atoms with Crippen molar-refractivity contribution in [3.63, 3.8) is 0 Å². The normalized spacial score (nSPS) is 15.5. The Bertz CT molecular complexity index is 574. The Morgan fingerprint density at radius 1 is 1.00 bits per heavy atom. The van der Waals surface area contributed by atoms with Gasteiger partial charge in [0.25, 0.3) is 0 Å². The number of hydrogen-bond donors (Lipinski definition) is 4. The van der Waals surface area contributed by atoms with E-state index in [1.165, 1.54) is 6.08 Å². The van der Waals surface area contributed by atoms with E-state index in [0.717, 1.165) is 0 Å². The van der Waals surface area contributed by atoms with E-state index in [9.17, 15) is 19.8 Å². The largest absolute Gasteiger partial charge is 0.480 e. The molecule has 6 heteroatoms. The lowest BCUT2D eigenvalue weighted by Gasteiger charge is -2.18. The standard InChI is InChI=1S/C19H28N2O4/c1-5-8-11-14(4)16(18(22)23)20-12-13-21-17(19(24)25)15(9-6-2)10-7-3/h5-11,16-17,20-21H,2,12-13H2,1,3-4H3,(H,22,23)(H,24,25)/b8-5-,10-7-,14-11+,15-9+. The summed E-state index contributed by atoms with van der Waals surface area (Å²) in [5.41, 5.74) is 1.24. The Kier molecular flexibility index (Phi) is 11.7. The molecule has 0 spiro atoms. The van der Waals surface area contributed by atoms with Crippen molar-refractivity contribution in [2.45, 2.75) is 32.9 Å². The molecule has 0 bridgehead atoms. The maximum Gasteiger partial charge on any atom is 0.325 e. The van der Waals surface area contributed by atoms with Crippen LogP contribution in [0.1, 0.15) is 20.8 Å². The number of rotatable bonds is 12. The van der Waals surface area contributed by atoms with Crippen molar-refractivity contribution in [3.05, 3.63) is 60.3 Å². The Balaban J connectivity index is 4.83. The van der Waals surface area contributed by atoms with Crippen molar-refractivity contribution in [1.82, 2.24) is 10.6 Å². The van der Waals surface area contributed by atoms with Gasteiger partial charge in [-0.3, -0.25) is 20.2 Å². The first-order valence-corrected chi connectivity index (χ1v) is 8.06. The van der Waals surface area contributed by atoms with E-state index >= 15 is 0 Å². The van der Waals surface area contributed by atoms with Crippen LogP contribution in [0.3, 0.4) is 0 Å². The third-order valence-electron chi connectivity index (χ3n) is 3.33. The SMILES string of the molecule is C=C/C=C(\C=C/C)C(NCCNC(C(=O)O)/C(C)=C/C=C\C)C(=O)O. The van der Waals surface area contributed by atoms with E-state index in [-0.39, 0.29) is 0 Å². The monoisotopic (exact) mass is 348 g/mol. The molecule has 0 aromatic heterocycles. The lowest BCUT2D eigenvalue weighted by Crippen LogP contribution is -2.45. The molecule has 0 saturated heterocycles. The van der Waals surface area contributed by atoms with Crippen LogP contribution in [0.5, 0.6) is 0 Å². The van der Waals surface area contributed by atoms with Crippen molar-refractivity contribution < 1.29 is 19.8 Å². The second kappa shape index (κ2) is 12.9. The summed E-state index contributed by atoms with van der Waals surface area (Å²) in [4.78, 5) is 22.8. The highest BCUT2D eigenvalue weighted by atomic mass is 16.4. The fourth-order valence-corrected chi connectivity index (χ4v) is 2.14. The number of carbonyl (C=O) groups is 2. The lowest BCUT2D eigenvalue weighted by molar-refractivity contribution is -0.139. The van der Waals surface area contributed by atoms with Gasteiger partial charge >= 0.3 is 11.9 Å². The van der Waals surface area contributed by atoms with E-state index in [1.54, 1.807) is 44.2 Å². The number of hydrogen-bond acceptors (Lipinski definition) is 4. The molecule has 25 heavy (non-hydrogen) atoms. The summed E-state index contributed by atoms with van der Waals surface area (Å²) < 4.78 is 0. The van der Waals surface area contributed by atoms with Gasteiger partial charge in [-0.25, -0.2) is 0 Å². The molecule has 0 aliphatic rings. The number of carboxylic acids is 2. The van der Waals surface area contributed by atoms with Gasteiger partial charge in [-0.15, -0.1) is 0 Å². The molecular formula is C19H28N2O4. The maximum atomic E-state index is 11.5. The van der Waals surface area contributed by atoms with E-state index in [4.69, 9.17) is 0 Å². The number of aliphatic carboxylic acids is 2. The van der Waals surface area contributed by atoms with Gasteiger partial charge < -0.3 is 10.2 Å². The molecule has 0 heterocycles. The smallest absolute Gasteiger partial charge is 0.325 e. The van der Waals surface area contributed by atoms with Crippen LogP contribution in [-0.2, 0) is 9.59 Å². The minimum atomic E-state index is -1.01. The molecule has 0 aromatic rings. The minimum Gasteiger partial charge on any atom is -0.480 e. The zero-order valence-electron chi connectivity index (χ0n) is 15.0. The Morgan fingerprint density at radius 3 is 2.00 bits per heavy atom. The van der Waals surface area contributed by atoms with Crippen LogP contribution in [0.2, 0.25) is 0 Å². The molecule has 0 aromatic carbocycles. The molecule has 0 aliphatic heterocycles. The van der Waals surface area contributed by atoms with Crippen molar-refractivity contribution in [3.8, 4) is 0 Å². The topological polar surface area (TPSA) is 98.7 Å². The quantitative estimate of drug-likeness (QED) is 0.319. The van der Waals surface area contributed by atoms with E-state index in [1.807, 2.05) is 13.0 Å². The summed E-state index contributed by atoms with van der Waals surface area (Å²) in [5, 5.41) is 24.5. The second-order valence-electron chi connectivity index (χ2n) is 5.29. The van der Waals surface area contributed by atoms with Gasteiger partial charge in [0.05, 0.1) is 0 Å². The van der Waals surface area contributed by atoms with Gasteiger partial charge in [0.1, 0.15) is 12.1 Å². The summed E-state index contributed by atoms with van der Waals surface area (Å²) >= 11 is 0. The number of nitrogens with one attached hydrogen (secondary N) is 2. The third kappa shape index (κ3) is 8.83. The predicted molar refractivity (Wildman–Crippen MR) is 101 cm³/mol. The molecule has 0 saturated carbocycles. The first-order chi connectivity index (χ1) is 11.9. The fraction of sp³-hybridized carbons (Fsp3) is 0.368. The van der Waals surface area contributed by atoms with Gasteiger partial charge in [-0.05, 0) is 31.9 Å². The van der Waals surface area contributed by atoms with Gasteiger partial charge in [0.2, 0.25) is 0 Å². The van der Waals surface area contributed by atoms with Crippen LogP contribution < -0.4 is 10.6 Å². The van der Waals surface area contributed by atoms with Gasteiger partial charge in [0, 0.05) is 13.1 Å². The van der Waals surface area contributed by atoms with E-state index in [2.05, 4.69) is 17.2 Å². The molecule has 6 nitrogen and oxygen atoms in total. The molecule has 0 aliphatic carbocycles. The number of allylic oxidation sites excluding steroid dienone is 6. The van der Waals surface area contributed by atoms with Crippen LogP contribution in [0.4, 0.5) is 0 Å². The van der Waals surface area contributed by atoms with Crippen LogP contribution in [0.15, 0.2) is 60.3 Å². The average molecular weight is 348 g/mol. The lowest BCUT2D eigenvalue weighted by atomic mass is 10.1. The molecule has 2 unspecified atom stereocenters. The van der Waals surface area contributed by atoms with E-state index < -0.39 is 24.0 Å². The molecule has 138 valence electrons. The van der Waals surface area contributed by atoms with Gasteiger partial charge in [-0.1, -0.05) is 49.1 Å². The zero-order chi connectivity index (χ0) is 19.2. The minimum absolute atomic E-state index is 0.295. The predicted octanol–water partition coefficient (Wildman–Crippen LogP) is 2.28. The maximum absolute atomic E-state index is 11.5. The van der Waals surface area contributed by atoms with Crippen LogP contribution in [0, 0.1) is 0 Å². The highest BCUT2D eigenvalue weighted by Gasteiger charge is 2.21. The third-order valence-corrected chi connectivity index (χ3v) is 3.33. The van der Waals surface area contributed by atoms with E-state index in [0.29, 0.717) is 24.2 Å². The average Bonchev–Trinajstić information content (AvgIpc) is 2.55. The molecule has 0 amide bonds. The van der Waals surface area contributed by atoms with Crippen molar-refractivity contribution in [1.29, 1.82) is 0 Å². The zero-order valence-corrected chi connectivity index (χ0v) is 15.0. The van der Waals surface area contributed by atoms with Gasteiger partial charge in [0.15, 0.2) is 0 Å². The highest BCUT2D eigenvalue weighted by molar-refractivity contribution is 5.79. The Morgan fingerprint density at radius 2 is 1.56 bits per heavy atom. The fourth-order valence-electron chi connectivity index (χ4n) is 2.14. The van der Waals surface area contributed by atoms with Crippen LogP contribution >= 0.6 is 0 Å². The summed E-state index contributed by atoms with van der Waals surface area (Å²) in [6.45, 7) is 9.57. The van der Waals surface area contributed by atoms with Crippen molar-refractivity contribution >= 4 is 11.9 Å². The van der Waals surface area contributed by atoms with Crippen molar-refractivity contribution in [2.75, 3.05) is 13.1 Å². The molecule has 0 radical (unpaired) electrons. The van der Waals surface area contributed by atoms with Crippen molar-refractivity contribution in [2.24, 2.45) is 0 Å². The Hall–Kier alpha value is -2.44. The number of carboxylic acid groups (broad SMARTS) is 2. The summed E-state index contributed by atoms with van der Waals surface area (Å²) in [5.74, 6) is -1.99. The van der Waals surface area contributed by atoms with Crippen LogP contribution in [-0.4, -0.2) is 47.3 Å². The van der Waals surface area contributed by atoms with Crippen LogP contribution in [0.25, 0.3) is 0 Å². The first-order valence-electron chi connectivity index (χ1n) is 8.06. The summed E-state index contributed by atoms with van der Waals surface area (Å²) in [7, 11) is 0. The second-order valence-corrected chi connectivity index (χ2v) is 5.29. The molecule has 4 N–H and O–H groups in total. The first kappa shape index (κ1) is 22.6. The molecule has 0 fully saturated rings. The summed E-state index contributed by atoms with van der Waals surface area (Å²) in [6, 6.07) is -1.71. The Labute approximate surface area is 149 Å². The highest BCUT2D eigenvalue weighted by Crippen LogP contribution is 2.06. The molecule has 0 rings (SSSR count). The molecule has 2 atom stereocenters.